The number of hydrogen-bond donors (Lipinski definition) is 2. The van der Waals surface area contributed by atoms with Crippen molar-refractivity contribution >= 4 is 40.8 Å². The van der Waals surface area contributed by atoms with E-state index in [0.717, 1.165) is 11.4 Å². The number of hydrogen-bond acceptors (Lipinski definition) is 8. The Balaban J connectivity index is 1.42. The Labute approximate surface area is 191 Å². The molecule has 1 amide bonds. The van der Waals surface area contributed by atoms with Gasteiger partial charge in [0, 0.05) is 37.5 Å². The van der Waals surface area contributed by atoms with E-state index >= 15 is 0 Å². The predicted octanol–water partition coefficient (Wildman–Crippen LogP) is 2.96. The number of aromatic nitrogens is 3. The molecule has 1 aromatic heterocycles. The molecule has 32 heavy (non-hydrogen) atoms. The highest BCUT2D eigenvalue weighted by Crippen LogP contribution is 2.26. The molecule has 166 valence electrons. The van der Waals surface area contributed by atoms with Crippen LogP contribution in [-0.4, -0.2) is 61.2 Å². The third-order valence-corrected chi connectivity index (χ3v) is 5.26. The van der Waals surface area contributed by atoms with Gasteiger partial charge in [-0.2, -0.15) is 4.98 Å². The first-order valence-corrected chi connectivity index (χ1v) is 10.5. The molecule has 2 heterocycles. The van der Waals surface area contributed by atoms with Crippen LogP contribution in [-0.2, 0) is 0 Å². The molecule has 1 saturated heterocycles. The van der Waals surface area contributed by atoms with Crippen molar-refractivity contribution in [2.75, 3.05) is 49.3 Å². The summed E-state index contributed by atoms with van der Waals surface area (Å²) in [6.07, 6.45) is 1.52. The number of halogens is 1. The summed E-state index contributed by atoms with van der Waals surface area (Å²) in [5, 5.41) is 6.51. The number of carbonyl (C=O) groups excluding carboxylic acids is 1. The van der Waals surface area contributed by atoms with Crippen molar-refractivity contribution in [1.29, 1.82) is 0 Å². The van der Waals surface area contributed by atoms with E-state index in [1.807, 2.05) is 48.2 Å². The van der Waals surface area contributed by atoms with E-state index in [1.165, 1.54) is 6.33 Å². The van der Waals surface area contributed by atoms with E-state index in [4.69, 9.17) is 16.3 Å². The molecule has 0 unspecified atom stereocenters. The molecule has 0 spiro atoms. The molecule has 0 aliphatic carbocycles. The van der Waals surface area contributed by atoms with Gasteiger partial charge in [0.1, 0.15) is 18.2 Å². The van der Waals surface area contributed by atoms with Gasteiger partial charge in [-0.25, -0.2) is 9.97 Å². The third kappa shape index (κ3) is 4.83. The second-order valence-corrected chi connectivity index (χ2v) is 7.97. The van der Waals surface area contributed by atoms with Gasteiger partial charge in [0.2, 0.25) is 11.9 Å². The van der Waals surface area contributed by atoms with Crippen molar-refractivity contribution in [3.63, 3.8) is 0 Å². The molecule has 2 aromatic carbocycles. The lowest BCUT2D eigenvalue weighted by Gasteiger charge is -2.38. The molecule has 4 rings (SSSR count). The molecule has 0 saturated carbocycles. The second kappa shape index (κ2) is 9.27. The average molecular weight is 454 g/mol. The Bertz CT molecular complexity index is 1100. The Morgan fingerprint density at radius 3 is 2.59 bits per heavy atom. The Morgan fingerprint density at radius 2 is 1.91 bits per heavy atom. The van der Waals surface area contributed by atoms with Crippen molar-refractivity contribution in [1.82, 2.24) is 20.3 Å². The first-order chi connectivity index (χ1) is 15.4. The summed E-state index contributed by atoms with van der Waals surface area (Å²) >= 11 is 5.91. The normalized spacial score (nSPS) is 13.3. The predicted molar refractivity (Wildman–Crippen MR) is 125 cm³/mol. The summed E-state index contributed by atoms with van der Waals surface area (Å²) < 4.78 is 5.93. The Hall–Kier alpha value is -3.59. The van der Waals surface area contributed by atoms with Gasteiger partial charge < -0.3 is 25.2 Å². The van der Waals surface area contributed by atoms with Gasteiger partial charge in [0.05, 0.1) is 18.7 Å². The van der Waals surface area contributed by atoms with Crippen LogP contribution in [0, 0.1) is 0 Å². The lowest BCUT2D eigenvalue weighted by Crippen LogP contribution is -2.54. The van der Waals surface area contributed by atoms with Crippen LogP contribution in [0.5, 0.6) is 5.75 Å². The Kier molecular flexibility index (Phi) is 6.27. The zero-order chi connectivity index (χ0) is 22.7. The highest BCUT2D eigenvalue weighted by atomic mass is 35.5. The minimum atomic E-state index is -0.166. The summed E-state index contributed by atoms with van der Waals surface area (Å²) in [6, 6.07) is 12.8. The van der Waals surface area contributed by atoms with Crippen LogP contribution < -0.4 is 25.2 Å². The number of ether oxygens (including phenoxy) is 1. The SMILES string of the molecule is CNC(=O)c1cc(Nc2ncnc(N3CC(Oc4ccc(Cl)cc4)C3)n2)ccc1N(C)C. The molecule has 9 nitrogen and oxygen atoms in total. The van der Waals surface area contributed by atoms with Crippen LogP contribution in [0.25, 0.3) is 0 Å². The highest BCUT2D eigenvalue weighted by molar-refractivity contribution is 6.30. The van der Waals surface area contributed by atoms with Gasteiger partial charge in [-0.15, -0.1) is 0 Å². The fourth-order valence-corrected chi connectivity index (χ4v) is 3.46. The maximum absolute atomic E-state index is 12.3. The van der Waals surface area contributed by atoms with Crippen LogP contribution in [0.1, 0.15) is 10.4 Å². The summed E-state index contributed by atoms with van der Waals surface area (Å²) in [4.78, 5) is 29.2. The van der Waals surface area contributed by atoms with Gasteiger partial charge in [0.25, 0.3) is 5.91 Å². The van der Waals surface area contributed by atoms with Crippen molar-refractivity contribution in [2.24, 2.45) is 0 Å². The van der Waals surface area contributed by atoms with Gasteiger partial charge in [-0.3, -0.25) is 4.79 Å². The lowest BCUT2D eigenvalue weighted by molar-refractivity contribution is 0.0963. The van der Waals surface area contributed by atoms with E-state index in [1.54, 1.807) is 25.2 Å². The van der Waals surface area contributed by atoms with E-state index < -0.39 is 0 Å². The van der Waals surface area contributed by atoms with Crippen LogP contribution in [0.4, 0.5) is 23.3 Å². The number of nitrogens with zero attached hydrogens (tertiary/aromatic N) is 5. The van der Waals surface area contributed by atoms with E-state index in [2.05, 4.69) is 25.6 Å². The summed E-state index contributed by atoms with van der Waals surface area (Å²) in [5.74, 6) is 1.58. The standard InChI is InChI=1S/C22H24ClN7O2/c1-24-20(31)18-10-15(6-9-19(18)29(2)3)27-21-25-13-26-22(28-21)30-11-17(12-30)32-16-7-4-14(23)5-8-16/h4-10,13,17H,11-12H2,1-3H3,(H,24,31)(H,25,26,27,28). The molecule has 1 fully saturated rings. The molecule has 0 radical (unpaired) electrons. The van der Waals surface area contributed by atoms with Crippen LogP contribution >= 0.6 is 11.6 Å². The smallest absolute Gasteiger partial charge is 0.253 e. The fraction of sp³-hybridized carbons (Fsp3) is 0.273. The van der Waals surface area contributed by atoms with Gasteiger partial charge in [-0.05, 0) is 42.5 Å². The largest absolute Gasteiger partial charge is 0.487 e. The molecular formula is C22H24ClN7O2. The van der Waals surface area contributed by atoms with Gasteiger partial charge in [-0.1, -0.05) is 11.6 Å². The molecule has 1 aliphatic rings. The number of carbonyl (C=O) groups is 1. The quantitative estimate of drug-likeness (QED) is 0.563. The van der Waals surface area contributed by atoms with E-state index in [9.17, 15) is 4.79 Å². The number of nitrogens with one attached hydrogen (secondary N) is 2. The van der Waals surface area contributed by atoms with Gasteiger partial charge >= 0.3 is 0 Å². The zero-order valence-corrected chi connectivity index (χ0v) is 18.8. The molecule has 0 bridgehead atoms. The van der Waals surface area contributed by atoms with Crippen molar-refractivity contribution < 1.29 is 9.53 Å². The zero-order valence-electron chi connectivity index (χ0n) is 18.0. The fourth-order valence-electron chi connectivity index (χ4n) is 3.33. The van der Waals surface area contributed by atoms with Crippen LogP contribution in [0.3, 0.4) is 0 Å². The van der Waals surface area contributed by atoms with E-state index in [0.29, 0.717) is 41.3 Å². The maximum Gasteiger partial charge on any atom is 0.253 e. The maximum atomic E-state index is 12.3. The number of benzene rings is 2. The molecule has 1 aliphatic heterocycles. The number of anilines is 4. The highest BCUT2D eigenvalue weighted by Gasteiger charge is 2.30. The summed E-state index contributed by atoms with van der Waals surface area (Å²) in [5.41, 5.74) is 2.08. The summed E-state index contributed by atoms with van der Waals surface area (Å²) in [6.45, 7) is 1.34. The molecule has 2 N–H and O–H groups in total. The number of amides is 1. The summed E-state index contributed by atoms with van der Waals surface area (Å²) in [7, 11) is 5.39. The minimum absolute atomic E-state index is 0.0537. The van der Waals surface area contributed by atoms with E-state index in [-0.39, 0.29) is 12.0 Å². The minimum Gasteiger partial charge on any atom is -0.487 e. The van der Waals surface area contributed by atoms with Crippen molar-refractivity contribution in [3.8, 4) is 5.75 Å². The van der Waals surface area contributed by atoms with Gasteiger partial charge in [0.15, 0.2) is 0 Å². The van der Waals surface area contributed by atoms with Crippen molar-refractivity contribution in [2.45, 2.75) is 6.10 Å². The topological polar surface area (TPSA) is 95.5 Å². The van der Waals surface area contributed by atoms with Crippen LogP contribution in [0.2, 0.25) is 5.02 Å². The molecule has 10 heteroatoms. The molecule has 3 aromatic rings. The lowest BCUT2D eigenvalue weighted by atomic mass is 10.1. The first kappa shape index (κ1) is 21.6. The molecule has 0 atom stereocenters. The average Bonchev–Trinajstić information content (AvgIpc) is 2.76. The van der Waals surface area contributed by atoms with Crippen LogP contribution in [0.15, 0.2) is 48.8 Å². The Morgan fingerprint density at radius 1 is 1.16 bits per heavy atom. The number of rotatable bonds is 7. The first-order valence-electron chi connectivity index (χ1n) is 10.1. The molecular weight excluding hydrogens is 430 g/mol. The van der Waals surface area contributed by atoms with Crippen molar-refractivity contribution in [3.05, 3.63) is 59.4 Å². The monoisotopic (exact) mass is 453 g/mol. The third-order valence-electron chi connectivity index (χ3n) is 5.01. The second-order valence-electron chi connectivity index (χ2n) is 7.54.